The topological polar surface area (TPSA) is 129 Å². The molecule has 45 heavy (non-hydrogen) atoms. The number of ether oxygens (including phenoxy) is 2. The summed E-state index contributed by atoms with van der Waals surface area (Å²) in [6.45, 7) is 0.466. The molecule has 2 N–H and O–H groups in total. The van der Waals surface area contributed by atoms with Gasteiger partial charge in [-0.25, -0.2) is 9.38 Å². The smallest absolute Gasteiger partial charge is 0.252 e. The van der Waals surface area contributed by atoms with Gasteiger partial charge in [-0.05, 0) is 53.1 Å². The molecule has 4 aromatic carbocycles. The first-order valence-electron chi connectivity index (χ1n) is 14.5. The summed E-state index contributed by atoms with van der Waals surface area (Å²) < 4.78 is 26.1. The molecule has 0 unspecified atom stereocenters. The minimum Gasteiger partial charge on any atom is -0.494 e. The van der Waals surface area contributed by atoms with E-state index in [1.165, 1.54) is 12.1 Å². The third-order valence-corrected chi connectivity index (χ3v) is 7.28. The summed E-state index contributed by atoms with van der Waals surface area (Å²) >= 11 is 0. The molecule has 4 aromatic rings. The van der Waals surface area contributed by atoms with Crippen LogP contribution in [0.3, 0.4) is 0 Å². The standard InChI is InChI=1S/C35H32FN5O4/c36-28-13-6-11-26(23-28)24-38-34(43)35(20-7-12-25-9-2-1-3-10-25)32(30-14-4-5-15-31(30)40-41-37)45-33(39-35)27-16-18-29(19-17-27)44-22-8-21-42/h1-7,9-19,23,32,42H,8,20-22,24H2,(H,38,43)/b12-7+/t32-,35-/m1/s1. The number of aliphatic hydroxyl groups is 1. The Bertz CT molecular complexity index is 1720. The molecule has 0 saturated heterocycles. The quantitative estimate of drug-likeness (QED) is 0.0722. The lowest BCUT2D eigenvalue weighted by Gasteiger charge is -2.30. The molecular formula is C35H32FN5O4. The van der Waals surface area contributed by atoms with Crippen LogP contribution in [0.2, 0.25) is 0 Å². The van der Waals surface area contributed by atoms with Crippen LogP contribution in [0.25, 0.3) is 16.5 Å². The van der Waals surface area contributed by atoms with Crippen molar-refractivity contribution in [1.29, 1.82) is 0 Å². The molecule has 0 aromatic heterocycles. The van der Waals surface area contributed by atoms with Crippen LogP contribution in [0.15, 0.2) is 119 Å². The summed E-state index contributed by atoms with van der Waals surface area (Å²) in [5.74, 6) is -0.00602. The Hall–Kier alpha value is -5.44. The van der Waals surface area contributed by atoms with Crippen molar-refractivity contribution < 1.29 is 23.8 Å². The fraction of sp³-hybridized carbons (Fsp3) is 0.200. The lowest BCUT2D eigenvalue weighted by Crippen LogP contribution is -2.47. The normalized spacial score (nSPS) is 17.3. The monoisotopic (exact) mass is 605 g/mol. The number of hydrogen-bond acceptors (Lipinski definition) is 6. The molecule has 0 radical (unpaired) electrons. The summed E-state index contributed by atoms with van der Waals surface area (Å²) in [6.07, 6.45) is 3.45. The highest BCUT2D eigenvalue weighted by atomic mass is 19.1. The van der Waals surface area contributed by atoms with Crippen molar-refractivity contribution in [3.05, 3.63) is 148 Å². The summed E-state index contributed by atoms with van der Waals surface area (Å²) in [6, 6.07) is 29.7. The van der Waals surface area contributed by atoms with Crippen LogP contribution in [0, 0.1) is 5.82 Å². The van der Waals surface area contributed by atoms with Crippen molar-refractivity contribution in [3.63, 3.8) is 0 Å². The molecule has 2 atom stereocenters. The van der Waals surface area contributed by atoms with Crippen LogP contribution >= 0.6 is 0 Å². The molecule has 9 nitrogen and oxygen atoms in total. The Labute approximate surface area is 260 Å². The second-order valence-corrected chi connectivity index (χ2v) is 10.4. The van der Waals surface area contributed by atoms with E-state index in [1.807, 2.05) is 42.5 Å². The molecule has 10 heteroatoms. The van der Waals surface area contributed by atoms with Crippen LogP contribution in [0.1, 0.15) is 41.2 Å². The first-order chi connectivity index (χ1) is 22.0. The van der Waals surface area contributed by atoms with Gasteiger partial charge in [0, 0.05) is 47.7 Å². The van der Waals surface area contributed by atoms with Gasteiger partial charge in [0.05, 0.1) is 6.61 Å². The third kappa shape index (κ3) is 7.56. The van der Waals surface area contributed by atoms with Gasteiger partial charge in [0.2, 0.25) is 5.90 Å². The number of carbonyl (C=O) groups is 1. The zero-order valence-corrected chi connectivity index (χ0v) is 24.4. The highest BCUT2D eigenvalue weighted by Gasteiger charge is 2.53. The van der Waals surface area contributed by atoms with Crippen molar-refractivity contribution in [3.8, 4) is 5.75 Å². The zero-order chi connectivity index (χ0) is 31.5. The number of halogens is 1. The Morgan fingerprint density at radius 2 is 1.84 bits per heavy atom. The SMILES string of the molecule is [N-]=[N+]=Nc1ccccc1[C@H]1OC(c2ccc(OCCCO)cc2)=N[C@@]1(C/C=C/c1ccccc1)C(=O)NCc1cccc(F)c1. The van der Waals surface area contributed by atoms with Crippen molar-refractivity contribution >= 4 is 23.6 Å². The second kappa shape index (κ2) is 14.8. The Balaban J connectivity index is 1.57. The number of rotatable bonds is 13. The van der Waals surface area contributed by atoms with Crippen LogP contribution in [-0.4, -0.2) is 35.7 Å². The number of benzene rings is 4. The van der Waals surface area contributed by atoms with E-state index in [4.69, 9.17) is 19.6 Å². The predicted octanol–water partition coefficient (Wildman–Crippen LogP) is 7.21. The van der Waals surface area contributed by atoms with Gasteiger partial charge in [-0.15, -0.1) is 0 Å². The van der Waals surface area contributed by atoms with E-state index < -0.39 is 23.4 Å². The first-order valence-corrected chi connectivity index (χ1v) is 14.5. The minimum atomic E-state index is -1.52. The van der Waals surface area contributed by atoms with Crippen molar-refractivity contribution in [2.45, 2.75) is 31.0 Å². The Morgan fingerprint density at radius 3 is 2.60 bits per heavy atom. The van der Waals surface area contributed by atoms with Crippen LogP contribution < -0.4 is 10.1 Å². The summed E-state index contributed by atoms with van der Waals surface area (Å²) in [5.41, 5.74) is 10.7. The largest absolute Gasteiger partial charge is 0.494 e. The lowest BCUT2D eigenvalue weighted by molar-refractivity contribution is -0.129. The van der Waals surface area contributed by atoms with E-state index in [9.17, 15) is 14.7 Å². The van der Waals surface area contributed by atoms with E-state index in [0.29, 0.717) is 41.2 Å². The van der Waals surface area contributed by atoms with Gasteiger partial charge in [0.1, 0.15) is 11.6 Å². The average Bonchev–Trinajstić information content (AvgIpc) is 3.45. The van der Waals surface area contributed by atoms with Crippen molar-refractivity contribution in [2.24, 2.45) is 10.1 Å². The maximum atomic E-state index is 14.3. The number of nitrogens with one attached hydrogen (secondary N) is 1. The molecule has 0 fully saturated rings. The minimum absolute atomic E-state index is 0.0313. The number of carbonyl (C=O) groups excluding carboxylic acids is 1. The molecule has 0 bridgehead atoms. The van der Waals surface area contributed by atoms with Crippen molar-refractivity contribution in [1.82, 2.24) is 5.32 Å². The number of hydrogen-bond donors (Lipinski definition) is 2. The summed E-state index contributed by atoms with van der Waals surface area (Å²) in [4.78, 5) is 22.3. The van der Waals surface area contributed by atoms with Gasteiger partial charge in [-0.3, -0.25) is 4.79 Å². The molecule has 1 aliphatic heterocycles. The maximum Gasteiger partial charge on any atom is 0.252 e. The highest BCUT2D eigenvalue weighted by molar-refractivity contribution is 6.01. The maximum absolute atomic E-state index is 14.3. The van der Waals surface area contributed by atoms with Crippen LogP contribution in [0.4, 0.5) is 10.1 Å². The third-order valence-electron chi connectivity index (χ3n) is 7.28. The molecule has 1 amide bonds. The van der Waals surface area contributed by atoms with Gasteiger partial charge in [-0.1, -0.05) is 84.0 Å². The van der Waals surface area contributed by atoms with Gasteiger partial charge >= 0.3 is 0 Å². The number of aliphatic hydroxyl groups excluding tert-OH is 1. The van der Waals surface area contributed by atoms with Crippen LogP contribution in [-0.2, 0) is 16.1 Å². The Kier molecular flexibility index (Phi) is 10.2. The molecule has 5 rings (SSSR count). The lowest BCUT2D eigenvalue weighted by atomic mass is 9.83. The predicted molar refractivity (Wildman–Crippen MR) is 170 cm³/mol. The van der Waals surface area contributed by atoms with E-state index in [-0.39, 0.29) is 25.5 Å². The van der Waals surface area contributed by atoms with E-state index in [2.05, 4.69) is 15.3 Å². The van der Waals surface area contributed by atoms with E-state index in [1.54, 1.807) is 60.7 Å². The Morgan fingerprint density at radius 1 is 1.07 bits per heavy atom. The average molecular weight is 606 g/mol. The molecular weight excluding hydrogens is 573 g/mol. The fourth-order valence-electron chi connectivity index (χ4n) is 5.06. The fourth-order valence-corrected chi connectivity index (χ4v) is 5.06. The molecule has 1 aliphatic rings. The van der Waals surface area contributed by atoms with E-state index in [0.717, 1.165) is 5.56 Å². The molecule has 0 saturated carbocycles. The van der Waals surface area contributed by atoms with E-state index >= 15 is 0 Å². The van der Waals surface area contributed by atoms with Gasteiger partial charge < -0.3 is 19.9 Å². The summed E-state index contributed by atoms with van der Waals surface area (Å²) in [5, 5.41) is 15.9. The molecule has 0 spiro atoms. The van der Waals surface area contributed by atoms with Gasteiger partial charge in [0.25, 0.3) is 5.91 Å². The van der Waals surface area contributed by atoms with Gasteiger partial charge in [-0.2, -0.15) is 0 Å². The zero-order valence-electron chi connectivity index (χ0n) is 24.4. The first kappa shape index (κ1) is 31.0. The number of nitrogens with zero attached hydrogens (tertiary/aromatic N) is 4. The van der Waals surface area contributed by atoms with Crippen molar-refractivity contribution in [2.75, 3.05) is 13.2 Å². The summed E-state index contributed by atoms with van der Waals surface area (Å²) in [7, 11) is 0. The number of aliphatic imine (C=N–C) groups is 1. The highest BCUT2D eigenvalue weighted by Crippen LogP contribution is 2.45. The molecule has 1 heterocycles. The molecule has 0 aliphatic carbocycles. The van der Waals surface area contributed by atoms with Gasteiger partial charge in [0.15, 0.2) is 11.6 Å². The number of azide groups is 1. The number of amides is 1. The van der Waals surface area contributed by atoms with Crippen LogP contribution in [0.5, 0.6) is 5.75 Å². The second-order valence-electron chi connectivity index (χ2n) is 10.4. The molecule has 228 valence electrons.